The Morgan fingerprint density at radius 3 is 2.67 bits per heavy atom. The summed E-state index contributed by atoms with van der Waals surface area (Å²) in [6.07, 6.45) is 0. The summed E-state index contributed by atoms with van der Waals surface area (Å²) in [7, 11) is 0. The van der Waals surface area contributed by atoms with Crippen LogP contribution in [0.4, 0.5) is 14.5 Å². The predicted molar refractivity (Wildman–Crippen MR) is 129 cm³/mol. The van der Waals surface area contributed by atoms with Gasteiger partial charge in [-0.15, -0.1) is 11.3 Å². The van der Waals surface area contributed by atoms with Crippen molar-refractivity contribution in [1.82, 2.24) is 15.5 Å². The van der Waals surface area contributed by atoms with Crippen LogP contribution < -0.4 is 10.2 Å². The van der Waals surface area contributed by atoms with Crippen molar-refractivity contribution in [2.45, 2.75) is 19.9 Å². The van der Waals surface area contributed by atoms with Crippen molar-refractivity contribution in [3.05, 3.63) is 94.3 Å². The average Bonchev–Trinajstić information content (AvgIpc) is 3.48. The molecule has 1 unspecified atom stereocenters. The van der Waals surface area contributed by atoms with Gasteiger partial charge in [-0.05, 0) is 79.0 Å². The maximum atomic E-state index is 14.1. The number of thiophene rings is 1. The molecular formula is C24H18F2N4OS2. The van der Waals surface area contributed by atoms with Crippen molar-refractivity contribution in [3.8, 4) is 10.7 Å². The molecule has 2 aromatic carbocycles. The lowest BCUT2D eigenvalue weighted by atomic mass is 9.94. The molecule has 1 N–H and O–H groups in total. The van der Waals surface area contributed by atoms with Crippen LogP contribution in [0.15, 0.2) is 70.2 Å². The Kier molecular flexibility index (Phi) is 5.51. The summed E-state index contributed by atoms with van der Waals surface area (Å²) in [4.78, 5) is 7.29. The van der Waals surface area contributed by atoms with Crippen LogP contribution in [0.2, 0.25) is 0 Å². The van der Waals surface area contributed by atoms with Gasteiger partial charge in [0.05, 0.1) is 16.5 Å². The lowest BCUT2D eigenvalue weighted by molar-refractivity contribution is 0.404. The van der Waals surface area contributed by atoms with E-state index >= 15 is 0 Å². The minimum absolute atomic E-state index is 0.295. The molecule has 0 saturated heterocycles. The fourth-order valence-electron chi connectivity index (χ4n) is 3.87. The monoisotopic (exact) mass is 480 g/mol. The van der Waals surface area contributed by atoms with E-state index < -0.39 is 6.04 Å². The highest BCUT2D eigenvalue weighted by Crippen LogP contribution is 2.39. The standard InChI is InChI=1S/C24H18F2N4OS2/c1-13-11-17(8-9-18(13)26)30-14(2)20(23-28-22(29-31-23)19-7-4-10-33-19)21(27-24(30)32)15-5-3-6-16(25)12-15/h3-12,21H,1-2H3,(H,27,32). The molecule has 0 radical (unpaired) electrons. The molecule has 0 bridgehead atoms. The Morgan fingerprint density at radius 1 is 1.09 bits per heavy atom. The van der Waals surface area contributed by atoms with Gasteiger partial charge < -0.3 is 9.84 Å². The van der Waals surface area contributed by atoms with Crippen molar-refractivity contribution < 1.29 is 13.3 Å². The Balaban J connectivity index is 1.68. The lowest BCUT2D eigenvalue weighted by Gasteiger charge is -2.37. The number of nitrogens with zero attached hydrogens (tertiary/aromatic N) is 3. The Labute approximate surface area is 198 Å². The second-order valence-electron chi connectivity index (χ2n) is 7.61. The molecule has 2 aromatic heterocycles. The smallest absolute Gasteiger partial charge is 0.258 e. The summed E-state index contributed by atoms with van der Waals surface area (Å²) >= 11 is 7.18. The van der Waals surface area contributed by atoms with E-state index in [4.69, 9.17) is 16.7 Å². The first-order valence-electron chi connectivity index (χ1n) is 10.1. The Bertz CT molecular complexity index is 1380. The van der Waals surface area contributed by atoms with Crippen molar-refractivity contribution >= 4 is 39.9 Å². The number of thiocarbonyl (C=S) groups is 1. The predicted octanol–water partition coefficient (Wildman–Crippen LogP) is 6.25. The van der Waals surface area contributed by atoms with E-state index in [9.17, 15) is 8.78 Å². The van der Waals surface area contributed by atoms with Crippen LogP contribution in [-0.4, -0.2) is 15.3 Å². The minimum Gasteiger partial charge on any atom is -0.351 e. The van der Waals surface area contributed by atoms with Crippen LogP contribution in [0.1, 0.15) is 30.0 Å². The summed E-state index contributed by atoms with van der Waals surface area (Å²) < 4.78 is 33.7. The van der Waals surface area contributed by atoms with Gasteiger partial charge in [-0.3, -0.25) is 4.90 Å². The molecule has 1 atom stereocenters. The van der Waals surface area contributed by atoms with Crippen LogP contribution >= 0.6 is 23.6 Å². The number of benzene rings is 2. The molecule has 0 aliphatic carbocycles. The highest BCUT2D eigenvalue weighted by molar-refractivity contribution is 7.80. The zero-order valence-electron chi connectivity index (χ0n) is 17.7. The van der Waals surface area contributed by atoms with Gasteiger partial charge in [-0.2, -0.15) is 4.98 Å². The lowest BCUT2D eigenvalue weighted by Crippen LogP contribution is -2.46. The number of allylic oxidation sites excluding steroid dienone is 1. The van der Waals surface area contributed by atoms with Gasteiger partial charge in [0.2, 0.25) is 5.82 Å². The molecule has 166 valence electrons. The van der Waals surface area contributed by atoms with E-state index in [1.165, 1.54) is 29.5 Å². The molecule has 0 amide bonds. The number of aryl methyl sites for hydroxylation is 1. The van der Waals surface area contributed by atoms with Gasteiger partial charge in [0, 0.05) is 11.4 Å². The van der Waals surface area contributed by atoms with E-state index in [2.05, 4.69) is 15.5 Å². The number of hydrogen-bond acceptors (Lipinski definition) is 5. The summed E-state index contributed by atoms with van der Waals surface area (Å²) in [6.45, 7) is 3.57. The Morgan fingerprint density at radius 2 is 1.94 bits per heavy atom. The molecule has 3 heterocycles. The highest BCUT2D eigenvalue weighted by atomic mass is 32.1. The van der Waals surface area contributed by atoms with Crippen LogP contribution in [0, 0.1) is 18.6 Å². The first-order chi connectivity index (χ1) is 15.9. The second-order valence-corrected chi connectivity index (χ2v) is 8.94. The number of aromatic nitrogens is 2. The van der Waals surface area contributed by atoms with Crippen LogP contribution in [0.25, 0.3) is 16.3 Å². The molecule has 0 saturated carbocycles. The molecule has 5 rings (SSSR count). The van der Waals surface area contributed by atoms with Crippen molar-refractivity contribution in [1.29, 1.82) is 0 Å². The quantitative estimate of drug-likeness (QED) is 0.349. The summed E-state index contributed by atoms with van der Waals surface area (Å²) in [5.74, 6) is 0.102. The van der Waals surface area contributed by atoms with Crippen LogP contribution in [-0.2, 0) is 0 Å². The van der Waals surface area contributed by atoms with Crippen LogP contribution in [0.3, 0.4) is 0 Å². The fraction of sp³-hybridized carbons (Fsp3) is 0.125. The average molecular weight is 481 g/mol. The van der Waals surface area contributed by atoms with E-state index in [1.807, 2.05) is 30.5 Å². The van der Waals surface area contributed by atoms with Gasteiger partial charge in [0.25, 0.3) is 5.89 Å². The number of hydrogen-bond donors (Lipinski definition) is 1. The molecule has 9 heteroatoms. The third kappa shape index (κ3) is 3.94. The van der Waals surface area contributed by atoms with Gasteiger partial charge in [-0.25, -0.2) is 8.78 Å². The van der Waals surface area contributed by atoms with E-state index in [0.717, 1.165) is 10.6 Å². The van der Waals surface area contributed by atoms with E-state index in [-0.39, 0.29) is 11.6 Å². The van der Waals surface area contributed by atoms with E-state index in [1.54, 1.807) is 30.0 Å². The maximum Gasteiger partial charge on any atom is 0.258 e. The van der Waals surface area contributed by atoms with Crippen molar-refractivity contribution in [2.75, 3.05) is 4.90 Å². The van der Waals surface area contributed by atoms with Gasteiger partial charge >= 0.3 is 0 Å². The van der Waals surface area contributed by atoms with Gasteiger partial charge in [0.1, 0.15) is 11.6 Å². The molecule has 0 spiro atoms. The maximum absolute atomic E-state index is 14.1. The third-order valence-corrected chi connectivity index (χ3v) is 6.63. The molecule has 1 aliphatic heterocycles. The summed E-state index contributed by atoms with van der Waals surface area (Å²) in [6, 6.07) is 14.4. The number of anilines is 1. The first kappa shape index (κ1) is 21.4. The van der Waals surface area contributed by atoms with Crippen molar-refractivity contribution in [2.24, 2.45) is 0 Å². The van der Waals surface area contributed by atoms with E-state index in [0.29, 0.717) is 39.2 Å². The molecule has 33 heavy (non-hydrogen) atoms. The molecular weight excluding hydrogens is 462 g/mol. The molecule has 0 fully saturated rings. The summed E-state index contributed by atoms with van der Waals surface area (Å²) in [5.41, 5.74) is 3.23. The molecule has 5 nitrogen and oxygen atoms in total. The second kappa shape index (κ2) is 8.49. The van der Waals surface area contributed by atoms with Gasteiger partial charge in [0.15, 0.2) is 5.11 Å². The highest BCUT2D eigenvalue weighted by Gasteiger charge is 2.35. The largest absolute Gasteiger partial charge is 0.351 e. The SMILES string of the molecule is CC1=C(c2nc(-c3cccs3)no2)C(c2cccc(F)c2)NC(=S)N1c1ccc(F)c(C)c1. The van der Waals surface area contributed by atoms with Crippen molar-refractivity contribution in [3.63, 3.8) is 0 Å². The Hall–Kier alpha value is -3.43. The molecule has 4 aromatic rings. The summed E-state index contributed by atoms with van der Waals surface area (Å²) in [5, 5.41) is 9.76. The van der Waals surface area contributed by atoms with Gasteiger partial charge in [-0.1, -0.05) is 23.4 Å². The third-order valence-electron chi connectivity index (χ3n) is 5.46. The fourth-order valence-corrected chi connectivity index (χ4v) is 4.88. The topological polar surface area (TPSA) is 54.2 Å². The zero-order chi connectivity index (χ0) is 23.1. The number of nitrogens with one attached hydrogen (secondary N) is 1. The van der Waals surface area contributed by atoms with Crippen LogP contribution in [0.5, 0.6) is 0 Å². The minimum atomic E-state index is -0.511. The molecule has 1 aliphatic rings. The number of rotatable bonds is 4. The first-order valence-corrected chi connectivity index (χ1v) is 11.4. The zero-order valence-corrected chi connectivity index (χ0v) is 19.3. The normalized spacial score (nSPS) is 16.3. The number of halogens is 2.